The van der Waals surface area contributed by atoms with E-state index in [1.165, 1.54) is 130 Å². The van der Waals surface area contributed by atoms with Gasteiger partial charge in [-0.2, -0.15) is 0 Å². The van der Waals surface area contributed by atoms with E-state index in [4.69, 9.17) is 0 Å². The molecule has 0 bridgehead atoms. The lowest BCUT2D eigenvalue weighted by Crippen LogP contribution is -2.12. The second kappa shape index (κ2) is 11.6. The highest BCUT2D eigenvalue weighted by molar-refractivity contribution is 6.55. The monoisotopic (exact) mass is 787 g/mol. The van der Waals surface area contributed by atoms with Gasteiger partial charge in [-0.3, -0.25) is 0 Å². The summed E-state index contributed by atoms with van der Waals surface area (Å²) in [6.07, 6.45) is 0. The molecular formula is C60H66. The molecular weight excluding hydrogens is 721 g/mol. The molecule has 0 aliphatic rings. The average molecular weight is 787 g/mol. The van der Waals surface area contributed by atoms with Crippen molar-refractivity contribution in [3.63, 3.8) is 0 Å². The maximum Gasteiger partial charge on any atom is -0.000685 e. The van der Waals surface area contributed by atoms with Gasteiger partial charge in [0.2, 0.25) is 0 Å². The van der Waals surface area contributed by atoms with Crippen LogP contribution in [-0.2, 0) is 32.5 Å². The Kier molecular flexibility index (Phi) is 7.64. The van der Waals surface area contributed by atoms with Crippen LogP contribution < -0.4 is 0 Å². The van der Waals surface area contributed by atoms with Crippen LogP contribution in [0, 0.1) is 0 Å². The molecule has 0 nitrogen and oxygen atoms in total. The van der Waals surface area contributed by atoms with Crippen molar-refractivity contribution >= 4 is 97.0 Å². The highest BCUT2D eigenvalue weighted by Crippen LogP contribution is 2.58. The maximum atomic E-state index is 2.59. The van der Waals surface area contributed by atoms with E-state index in [1.807, 2.05) is 0 Å². The third-order valence-corrected chi connectivity index (χ3v) is 14.5. The van der Waals surface area contributed by atoms with E-state index in [0.29, 0.717) is 0 Å². The van der Waals surface area contributed by atoms with Crippen molar-refractivity contribution in [3.8, 4) is 0 Å². The molecule has 0 heterocycles. The van der Waals surface area contributed by atoms with Gasteiger partial charge in [0, 0.05) is 0 Å². The molecule has 0 amide bonds. The van der Waals surface area contributed by atoms with Gasteiger partial charge in [-0.15, -0.1) is 0 Å². The molecule has 0 unspecified atom stereocenters. The van der Waals surface area contributed by atoms with Gasteiger partial charge in [-0.05, 0) is 199 Å². The van der Waals surface area contributed by atoms with E-state index in [0.717, 1.165) is 0 Å². The van der Waals surface area contributed by atoms with Gasteiger partial charge >= 0.3 is 0 Å². The van der Waals surface area contributed by atoms with Crippen LogP contribution in [0.3, 0.4) is 0 Å². The first-order valence-corrected chi connectivity index (χ1v) is 22.7. The summed E-state index contributed by atoms with van der Waals surface area (Å²) in [6.45, 7) is 42.9. The normalized spacial score (nSPS) is 14.5. The number of benzene rings is 7. The van der Waals surface area contributed by atoms with Crippen LogP contribution in [0.1, 0.15) is 158 Å². The smallest absolute Gasteiger partial charge is 0.000685 e. The minimum Gasteiger partial charge on any atom is -0.0561 e. The van der Waals surface area contributed by atoms with Gasteiger partial charge in [0.15, 0.2) is 0 Å². The van der Waals surface area contributed by atoms with Crippen LogP contribution in [0.2, 0.25) is 0 Å². The quantitative estimate of drug-likeness (QED) is 0.144. The number of rotatable bonds is 0. The molecule has 0 radical (unpaired) electrons. The van der Waals surface area contributed by atoms with Crippen molar-refractivity contribution in [3.05, 3.63) is 106 Å². The Labute approximate surface area is 358 Å². The van der Waals surface area contributed by atoms with E-state index in [-0.39, 0.29) is 32.5 Å². The Balaban J connectivity index is 1.66. The van der Waals surface area contributed by atoms with Crippen LogP contribution in [0.25, 0.3) is 97.0 Å². The minimum absolute atomic E-state index is 0.0119. The van der Waals surface area contributed by atoms with E-state index >= 15 is 0 Å². The largest absolute Gasteiger partial charge is 0.0561 e. The second-order valence-electron chi connectivity index (χ2n) is 25.2. The van der Waals surface area contributed by atoms with Crippen LogP contribution in [0.15, 0.2) is 72.8 Å². The molecule has 0 N–H and O–H groups in total. The molecule has 0 aromatic heterocycles. The number of hydrogen-bond acceptors (Lipinski definition) is 0. The van der Waals surface area contributed by atoms with Gasteiger partial charge in [0.05, 0.1) is 0 Å². The molecule has 0 saturated heterocycles. The summed E-state index contributed by atoms with van der Waals surface area (Å²) < 4.78 is 0. The molecule has 10 aromatic carbocycles. The Morgan fingerprint density at radius 3 is 0.433 bits per heavy atom. The Bertz CT molecular complexity index is 2810. The number of fused-ring (bicyclic) bond motifs is 12. The standard InChI is InChI=1S/C60H66/c1-55(2,3)34-19-31-20-35(56(4,5)6)26-41-46(31)40(25-34)49-50(41)52-44-29-38(59(13,14)15)23-33-24-39(60(16,17)18)30-45(48(33)44)54(52)53-43-28-37(58(10,11)12)22-32-21-36(57(7,8)9)27-42(47(32)43)51(49)53/h19-30H,1-18H3. The van der Waals surface area contributed by atoms with Gasteiger partial charge in [0.25, 0.3) is 0 Å². The van der Waals surface area contributed by atoms with Gasteiger partial charge in [-0.25, -0.2) is 0 Å². The van der Waals surface area contributed by atoms with Crippen LogP contribution >= 0.6 is 0 Å². The zero-order valence-electron chi connectivity index (χ0n) is 39.9. The van der Waals surface area contributed by atoms with Crippen LogP contribution in [-0.4, -0.2) is 0 Å². The van der Waals surface area contributed by atoms with Crippen molar-refractivity contribution < 1.29 is 0 Å². The van der Waals surface area contributed by atoms with E-state index in [2.05, 4.69) is 197 Å². The molecule has 0 saturated carbocycles. The average Bonchev–Trinajstić information content (AvgIpc) is 3.73. The Morgan fingerprint density at radius 1 is 0.183 bits per heavy atom. The molecule has 0 spiro atoms. The van der Waals surface area contributed by atoms with Gasteiger partial charge < -0.3 is 0 Å². The molecule has 0 fully saturated rings. The third kappa shape index (κ3) is 5.47. The summed E-state index contributed by atoms with van der Waals surface area (Å²) in [5.41, 5.74) is 8.34. The van der Waals surface area contributed by atoms with E-state index in [9.17, 15) is 0 Å². The Hall–Kier alpha value is -4.68. The second-order valence-corrected chi connectivity index (χ2v) is 25.2. The summed E-state index contributed by atoms with van der Waals surface area (Å²) in [6, 6.07) is 30.7. The van der Waals surface area contributed by atoms with E-state index < -0.39 is 0 Å². The SMILES string of the molecule is CC(C)(C)c1cc2cc(C(C)(C)C)cc3c2c(c1)c1c2c4cc(C(C)(C)C)cc5cc(C(C)(C)C)cc(c54)c2c2c4cc(C(C)(C)C)cc5cc(C(C)(C)C)cc(c54)c2c31. The van der Waals surface area contributed by atoms with Crippen LogP contribution in [0.4, 0.5) is 0 Å². The number of hydrogen-bond donors (Lipinski definition) is 0. The predicted molar refractivity (Wildman–Crippen MR) is 270 cm³/mol. The Morgan fingerprint density at radius 2 is 0.317 bits per heavy atom. The zero-order chi connectivity index (χ0) is 43.3. The minimum atomic E-state index is -0.0119. The first-order chi connectivity index (χ1) is 27.5. The van der Waals surface area contributed by atoms with Crippen molar-refractivity contribution in [2.75, 3.05) is 0 Å². The molecule has 0 atom stereocenters. The van der Waals surface area contributed by atoms with Crippen molar-refractivity contribution in [2.24, 2.45) is 0 Å². The predicted octanol–water partition coefficient (Wildman–Crippen LogP) is 18.2. The van der Waals surface area contributed by atoms with Crippen molar-refractivity contribution in [1.82, 2.24) is 0 Å². The molecule has 0 aliphatic heterocycles. The highest BCUT2D eigenvalue weighted by Gasteiger charge is 2.32. The van der Waals surface area contributed by atoms with Crippen molar-refractivity contribution in [1.29, 1.82) is 0 Å². The zero-order valence-corrected chi connectivity index (χ0v) is 39.9. The highest BCUT2D eigenvalue weighted by atomic mass is 14.4. The molecule has 0 aliphatic carbocycles. The lowest BCUT2D eigenvalue weighted by atomic mass is 9.82. The summed E-state index contributed by atoms with van der Waals surface area (Å²) in [5.74, 6) is 0. The topological polar surface area (TPSA) is 0 Å². The summed E-state index contributed by atoms with van der Waals surface area (Å²) in [7, 11) is 0. The van der Waals surface area contributed by atoms with E-state index in [1.54, 1.807) is 0 Å². The summed E-state index contributed by atoms with van der Waals surface area (Å²) in [4.78, 5) is 0. The first-order valence-electron chi connectivity index (χ1n) is 22.7. The molecule has 10 rings (SSSR count). The molecule has 0 heteroatoms. The van der Waals surface area contributed by atoms with Gasteiger partial charge in [0.1, 0.15) is 0 Å². The fourth-order valence-corrected chi connectivity index (χ4v) is 10.7. The third-order valence-electron chi connectivity index (χ3n) is 14.5. The first kappa shape index (κ1) is 39.5. The van der Waals surface area contributed by atoms with Crippen molar-refractivity contribution in [2.45, 2.75) is 157 Å². The summed E-state index contributed by atoms with van der Waals surface area (Å²) >= 11 is 0. The lowest BCUT2D eigenvalue weighted by molar-refractivity contribution is 0.589. The maximum absolute atomic E-state index is 2.59. The molecule has 10 aromatic rings. The fraction of sp³-hybridized carbons (Fsp3) is 0.400. The van der Waals surface area contributed by atoms with Crippen LogP contribution in [0.5, 0.6) is 0 Å². The lowest BCUT2D eigenvalue weighted by Gasteiger charge is -2.23. The van der Waals surface area contributed by atoms with Gasteiger partial charge in [-0.1, -0.05) is 161 Å². The molecule has 60 heavy (non-hydrogen) atoms. The summed E-state index contributed by atoms with van der Waals surface area (Å²) in [5, 5.41) is 25.5. The molecule has 306 valence electrons. The fourth-order valence-electron chi connectivity index (χ4n) is 10.7.